The average molecular weight is 286 g/mol. The minimum absolute atomic E-state index is 0.156. The number of nitrogens with two attached hydrogens (primary N) is 1. The van der Waals surface area contributed by atoms with Gasteiger partial charge in [-0.2, -0.15) is 0 Å². The molecule has 1 rings (SSSR count). The van der Waals surface area contributed by atoms with Crippen LogP contribution in [0, 0.1) is 6.92 Å². The van der Waals surface area contributed by atoms with Crippen molar-refractivity contribution >= 4 is 11.6 Å². The van der Waals surface area contributed by atoms with Gasteiger partial charge in [-0.3, -0.25) is 0 Å². The topological polar surface area (TPSA) is 55.5 Å². The standard InChI is InChI=1S/C15H24ClNO2/c1-4-5-19-15-7-11(3)14(16)8-13(15)10(2)6-12(18)9-17/h7-8,10,12,18H,4-6,9,17H2,1-3H3. The van der Waals surface area contributed by atoms with Crippen LogP contribution in [0.1, 0.15) is 43.7 Å². The lowest BCUT2D eigenvalue weighted by Crippen LogP contribution is -2.21. The fourth-order valence-electron chi connectivity index (χ4n) is 2.02. The van der Waals surface area contributed by atoms with Gasteiger partial charge in [-0.15, -0.1) is 0 Å². The van der Waals surface area contributed by atoms with Crippen LogP contribution in [-0.4, -0.2) is 24.4 Å². The van der Waals surface area contributed by atoms with Gasteiger partial charge in [0, 0.05) is 11.6 Å². The zero-order valence-corrected chi connectivity index (χ0v) is 12.7. The van der Waals surface area contributed by atoms with E-state index in [2.05, 4.69) is 13.8 Å². The Balaban J connectivity index is 2.98. The Morgan fingerprint density at radius 3 is 2.68 bits per heavy atom. The van der Waals surface area contributed by atoms with Crippen molar-refractivity contribution in [1.29, 1.82) is 0 Å². The molecule has 0 fully saturated rings. The van der Waals surface area contributed by atoms with Crippen LogP contribution in [0.2, 0.25) is 5.02 Å². The summed E-state index contributed by atoms with van der Waals surface area (Å²) in [6, 6.07) is 3.91. The third kappa shape index (κ3) is 4.68. The number of benzene rings is 1. The van der Waals surface area contributed by atoms with E-state index >= 15 is 0 Å². The number of halogens is 1. The fourth-order valence-corrected chi connectivity index (χ4v) is 2.20. The molecule has 3 N–H and O–H groups in total. The number of rotatable bonds is 7. The van der Waals surface area contributed by atoms with E-state index in [1.165, 1.54) is 0 Å². The molecule has 1 aromatic carbocycles. The molecule has 19 heavy (non-hydrogen) atoms. The van der Waals surface area contributed by atoms with Gasteiger partial charge in [0.25, 0.3) is 0 Å². The second kappa shape index (κ2) is 7.73. The monoisotopic (exact) mass is 285 g/mol. The van der Waals surface area contributed by atoms with Crippen LogP contribution in [0.25, 0.3) is 0 Å². The molecule has 0 aromatic heterocycles. The first kappa shape index (κ1) is 16.3. The van der Waals surface area contributed by atoms with E-state index in [-0.39, 0.29) is 12.5 Å². The lowest BCUT2D eigenvalue weighted by atomic mass is 9.93. The van der Waals surface area contributed by atoms with E-state index in [1.54, 1.807) is 0 Å². The quantitative estimate of drug-likeness (QED) is 0.808. The molecule has 0 saturated heterocycles. The highest BCUT2D eigenvalue weighted by atomic mass is 35.5. The van der Waals surface area contributed by atoms with Gasteiger partial charge in [-0.25, -0.2) is 0 Å². The van der Waals surface area contributed by atoms with Crippen molar-refractivity contribution < 1.29 is 9.84 Å². The molecule has 3 nitrogen and oxygen atoms in total. The van der Waals surface area contributed by atoms with Gasteiger partial charge in [0.15, 0.2) is 0 Å². The lowest BCUT2D eigenvalue weighted by Gasteiger charge is -2.20. The maximum Gasteiger partial charge on any atom is 0.123 e. The first-order valence-electron chi connectivity index (χ1n) is 6.80. The molecule has 0 aliphatic carbocycles. The van der Waals surface area contributed by atoms with E-state index in [0.717, 1.165) is 28.3 Å². The molecular weight excluding hydrogens is 262 g/mol. The summed E-state index contributed by atoms with van der Waals surface area (Å²) < 4.78 is 5.79. The Labute approximate surface area is 120 Å². The number of ether oxygens (including phenoxy) is 1. The van der Waals surface area contributed by atoms with Gasteiger partial charge >= 0.3 is 0 Å². The van der Waals surface area contributed by atoms with E-state index in [4.69, 9.17) is 22.1 Å². The van der Waals surface area contributed by atoms with Gasteiger partial charge in [0.05, 0.1) is 12.7 Å². The third-order valence-corrected chi connectivity index (χ3v) is 3.59. The lowest BCUT2D eigenvalue weighted by molar-refractivity contribution is 0.164. The van der Waals surface area contributed by atoms with Crippen LogP contribution in [-0.2, 0) is 0 Å². The van der Waals surface area contributed by atoms with Crippen molar-refractivity contribution in [1.82, 2.24) is 0 Å². The molecule has 2 atom stereocenters. The summed E-state index contributed by atoms with van der Waals surface area (Å²) >= 11 is 6.19. The molecule has 0 aliphatic rings. The Morgan fingerprint density at radius 2 is 2.11 bits per heavy atom. The molecule has 0 spiro atoms. The Morgan fingerprint density at radius 1 is 1.42 bits per heavy atom. The molecule has 1 aromatic rings. The molecule has 4 heteroatoms. The number of hydrogen-bond donors (Lipinski definition) is 2. The highest BCUT2D eigenvalue weighted by molar-refractivity contribution is 6.31. The average Bonchev–Trinajstić information content (AvgIpc) is 2.39. The van der Waals surface area contributed by atoms with Crippen molar-refractivity contribution in [3.05, 3.63) is 28.3 Å². The summed E-state index contributed by atoms with van der Waals surface area (Å²) in [6.45, 7) is 7.04. The SMILES string of the molecule is CCCOc1cc(C)c(Cl)cc1C(C)CC(O)CN. The summed E-state index contributed by atoms with van der Waals surface area (Å²) in [5.74, 6) is 1.02. The summed E-state index contributed by atoms with van der Waals surface area (Å²) in [7, 11) is 0. The molecule has 0 heterocycles. The first-order valence-corrected chi connectivity index (χ1v) is 7.18. The van der Waals surface area contributed by atoms with Crippen LogP contribution in [0.5, 0.6) is 5.75 Å². The Hall–Kier alpha value is -0.770. The van der Waals surface area contributed by atoms with Gasteiger partial charge < -0.3 is 15.6 Å². The predicted molar refractivity (Wildman–Crippen MR) is 80.1 cm³/mol. The minimum Gasteiger partial charge on any atom is -0.493 e. The van der Waals surface area contributed by atoms with E-state index in [1.807, 2.05) is 19.1 Å². The van der Waals surface area contributed by atoms with Crippen molar-refractivity contribution in [3.8, 4) is 5.75 Å². The number of aliphatic hydroxyl groups is 1. The van der Waals surface area contributed by atoms with E-state index < -0.39 is 6.10 Å². The summed E-state index contributed by atoms with van der Waals surface area (Å²) in [4.78, 5) is 0. The Kier molecular flexibility index (Phi) is 6.63. The largest absolute Gasteiger partial charge is 0.493 e. The summed E-state index contributed by atoms with van der Waals surface area (Å²) in [5.41, 5.74) is 7.50. The molecule has 0 aliphatic heterocycles. The van der Waals surface area contributed by atoms with Crippen LogP contribution < -0.4 is 10.5 Å². The number of aryl methyl sites for hydroxylation is 1. The zero-order chi connectivity index (χ0) is 14.4. The minimum atomic E-state index is -0.492. The van der Waals surface area contributed by atoms with Crippen molar-refractivity contribution in [2.45, 2.75) is 45.6 Å². The van der Waals surface area contributed by atoms with Gasteiger partial charge in [0.2, 0.25) is 0 Å². The summed E-state index contributed by atoms with van der Waals surface area (Å²) in [5, 5.41) is 10.4. The maximum atomic E-state index is 9.68. The highest BCUT2D eigenvalue weighted by Crippen LogP contribution is 2.34. The van der Waals surface area contributed by atoms with E-state index in [9.17, 15) is 5.11 Å². The van der Waals surface area contributed by atoms with E-state index in [0.29, 0.717) is 13.0 Å². The van der Waals surface area contributed by atoms with Crippen molar-refractivity contribution in [2.75, 3.05) is 13.2 Å². The maximum absolute atomic E-state index is 9.68. The predicted octanol–water partition coefficient (Wildman–Crippen LogP) is 3.25. The van der Waals surface area contributed by atoms with Crippen molar-refractivity contribution in [2.24, 2.45) is 5.73 Å². The smallest absolute Gasteiger partial charge is 0.123 e. The Bertz CT molecular complexity index is 409. The van der Waals surface area contributed by atoms with Crippen LogP contribution in [0.3, 0.4) is 0 Å². The molecular formula is C15H24ClNO2. The van der Waals surface area contributed by atoms with Crippen molar-refractivity contribution in [3.63, 3.8) is 0 Å². The zero-order valence-electron chi connectivity index (χ0n) is 11.9. The van der Waals surface area contributed by atoms with Crippen LogP contribution in [0.4, 0.5) is 0 Å². The first-order chi connectivity index (χ1) is 8.99. The molecule has 0 bridgehead atoms. The van der Waals surface area contributed by atoms with Gasteiger partial charge in [-0.05, 0) is 48.9 Å². The molecule has 0 amide bonds. The number of aliphatic hydroxyl groups excluding tert-OH is 1. The summed E-state index contributed by atoms with van der Waals surface area (Å²) in [6.07, 6.45) is 1.08. The molecule has 2 unspecified atom stereocenters. The second-order valence-corrected chi connectivity index (χ2v) is 5.42. The van der Waals surface area contributed by atoms with Gasteiger partial charge in [-0.1, -0.05) is 25.4 Å². The number of hydrogen-bond acceptors (Lipinski definition) is 3. The van der Waals surface area contributed by atoms with Crippen LogP contribution in [0.15, 0.2) is 12.1 Å². The van der Waals surface area contributed by atoms with Crippen LogP contribution >= 0.6 is 11.6 Å². The van der Waals surface area contributed by atoms with Gasteiger partial charge in [0.1, 0.15) is 5.75 Å². The molecule has 0 radical (unpaired) electrons. The fraction of sp³-hybridized carbons (Fsp3) is 0.600. The highest BCUT2D eigenvalue weighted by Gasteiger charge is 2.17. The third-order valence-electron chi connectivity index (χ3n) is 3.18. The molecule has 108 valence electrons. The molecule has 0 saturated carbocycles. The normalized spacial score (nSPS) is 14.2. The second-order valence-electron chi connectivity index (χ2n) is 5.01.